The van der Waals surface area contributed by atoms with Crippen LogP contribution < -0.4 is 5.32 Å². The van der Waals surface area contributed by atoms with E-state index in [0.717, 1.165) is 31.6 Å². The van der Waals surface area contributed by atoms with Crippen LogP contribution in [0.3, 0.4) is 0 Å². The number of carbonyl (C=O) groups excluding carboxylic acids is 1. The summed E-state index contributed by atoms with van der Waals surface area (Å²) in [6.45, 7) is 7.47. The first-order valence-corrected chi connectivity index (χ1v) is 6.70. The van der Waals surface area contributed by atoms with E-state index in [-0.39, 0.29) is 11.9 Å². The van der Waals surface area contributed by atoms with Gasteiger partial charge in [0.25, 0.3) is 0 Å². The minimum Gasteiger partial charge on any atom is -0.339 e. The molecule has 0 unspecified atom stereocenters. The van der Waals surface area contributed by atoms with E-state index in [1.54, 1.807) is 11.0 Å². The van der Waals surface area contributed by atoms with Crippen molar-refractivity contribution >= 4 is 6.03 Å². The van der Waals surface area contributed by atoms with Crippen molar-refractivity contribution in [1.29, 1.82) is 0 Å². The van der Waals surface area contributed by atoms with Crippen molar-refractivity contribution in [3.63, 3.8) is 0 Å². The maximum absolute atomic E-state index is 11.9. The first-order chi connectivity index (χ1) is 9.24. The van der Waals surface area contributed by atoms with Gasteiger partial charge >= 0.3 is 6.03 Å². The van der Waals surface area contributed by atoms with Crippen molar-refractivity contribution in [1.82, 2.24) is 20.4 Å². The second-order valence-electron chi connectivity index (χ2n) is 4.66. The van der Waals surface area contributed by atoms with Crippen molar-refractivity contribution in [2.24, 2.45) is 0 Å². The van der Waals surface area contributed by atoms with Gasteiger partial charge in [0.1, 0.15) is 0 Å². The molecule has 1 saturated heterocycles. The maximum atomic E-state index is 11.9. The van der Waals surface area contributed by atoms with Crippen LogP contribution in [-0.4, -0.2) is 40.7 Å². The molecule has 1 aliphatic rings. The fourth-order valence-corrected chi connectivity index (χ4v) is 2.22. The van der Waals surface area contributed by atoms with Gasteiger partial charge in [-0.15, -0.1) is 6.58 Å². The summed E-state index contributed by atoms with van der Waals surface area (Å²) in [6.07, 6.45) is 4.37. The lowest BCUT2D eigenvalue weighted by Crippen LogP contribution is -2.45. The number of nitrogens with zero attached hydrogens (tertiary/aromatic N) is 3. The normalized spacial score (nSPS) is 19.2. The van der Waals surface area contributed by atoms with Gasteiger partial charge in [0.05, 0.1) is 0 Å². The number of urea groups is 1. The van der Waals surface area contributed by atoms with Crippen LogP contribution in [0.5, 0.6) is 0 Å². The van der Waals surface area contributed by atoms with Crippen LogP contribution in [0.1, 0.15) is 37.4 Å². The maximum Gasteiger partial charge on any atom is 0.317 e. The van der Waals surface area contributed by atoms with Crippen LogP contribution in [0.4, 0.5) is 4.79 Å². The minimum absolute atomic E-state index is 0.0520. The Morgan fingerprint density at radius 1 is 1.68 bits per heavy atom. The number of hydrogen-bond acceptors (Lipinski definition) is 4. The third-order valence-electron chi connectivity index (χ3n) is 3.26. The fourth-order valence-electron chi connectivity index (χ4n) is 2.22. The second kappa shape index (κ2) is 6.36. The lowest BCUT2D eigenvalue weighted by atomic mass is 9.98. The molecule has 0 aromatic carbocycles. The van der Waals surface area contributed by atoms with E-state index in [0.29, 0.717) is 19.0 Å². The summed E-state index contributed by atoms with van der Waals surface area (Å²) in [7, 11) is 0. The molecule has 6 nitrogen and oxygen atoms in total. The van der Waals surface area contributed by atoms with Crippen LogP contribution in [0, 0.1) is 0 Å². The number of amides is 2. The average Bonchev–Trinajstić information content (AvgIpc) is 2.94. The van der Waals surface area contributed by atoms with Gasteiger partial charge in [0.2, 0.25) is 5.89 Å². The Morgan fingerprint density at radius 2 is 2.53 bits per heavy atom. The molecule has 0 bridgehead atoms. The zero-order valence-electron chi connectivity index (χ0n) is 11.3. The molecule has 104 valence electrons. The lowest BCUT2D eigenvalue weighted by Gasteiger charge is -2.31. The number of rotatable bonds is 4. The zero-order valence-corrected chi connectivity index (χ0v) is 11.3. The highest BCUT2D eigenvalue weighted by molar-refractivity contribution is 5.74. The summed E-state index contributed by atoms with van der Waals surface area (Å²) in [5.41, 5.74) is 0. The van der Waals surface area contributed by atoms with Crippen LogP contribution in [0.2, 0.25) is 0 Å². The molecule has 6 heteroatoms. The Kier molecular flexibility index (Phi) is 4.54. The zero-order chi connectivity index (χ0) is 13.7. The van der Waals surface area contributed by atoms with Gasteiger partial charge in [0, 0.05) is 32.0 Å². The molecule has 0 aliphatic carbocycles. The fraction of sp³-hybridized carbons (Fsp3) is 0.615. The summed E-state index contributed by atoms with van der Waals surface area (Å²) >= 11 is 0. The summed E-state index contributed by atoms with van der Waals surface area (Å²) in [6, 6.07) is -0.0520. The third kappa shape index (κ3) is 3.33. The van der Waals surface area contributed by atoms with Crippen LogP contribution >= 0.6 is 0 Å². The first-order valence-electron chi connectivity index (χ1n) is 6.70. The lowest BCUT2D eigenvalue weighted by molar-refractivity contribution is 0.178. The van der Waals surface area contributed by atoms with E-state index in [1.165, 1.54) is 0 Å². The van der Waals surface area contributed by atoms with E-state index >= 15 is 0 Å². The smallest absolute Gasteiger partial charge is 0.317 e. The molecule has 1 aromatic rings. The Balaban J connectivity index is 1.96. The molecule has 1 atom stereocenters. The van der Waals surface area contributed by atoms with E-state index in [2.05, 4.69) is 22.0 Å². The number of aryl methyl sites for hydroxylation is 1. The number of carbonyl (C=O) groups is 1. The topological polar surface area (TPSA) is 71.3 Å². The van der Waals surface area contributed by atoms with Gasteiger partial charge in [-0.1, -0.05) is 18.2 Å². The minimum atomic E-state index is -0.0520. The quantitative estimate of drug-likeness (QED) is 0.840. The molecular weight excluding hydrogens is 244 g/mol. The van der Waals surface area contributed by atoms with Gasteiger partial charge in [-0.05, 0) is 12.8 Å². The average molecular weight is 264 g/mol. The Bertz CT molecular complexity index is 444. The monoisotopic (exact) mass is 264 g/mol. The molecular formula is C13H20N4O2. The van der Waals surface area contributed by atoms with E-state index < -0.39 is 0 Å². The number of nitrogens with one attached hydrogen (secondary N) is 1. The van der Waals surface area contributed by atoms with Crippen molar-refractivity contribution in [3.05, 3.63) is 24.4 Å². The molecule has 1 aliphatic heterocycles. The summed E-state index contributed by atoms with van der Waals surface area (Å²) < 4.78 is 5.13. The molecule has 19 heavy (non-hydrogen) atoms. The molecule has 2 heterocycles. The van der Waals surface area contributed by atoms with Crippen molar-refractivity contribution < 1.29 is 9.32 Å². The van der Waals surface area contributed by atoms with Crippen molar-refractivity contribution in [2.45, 2.75) is 32.1 Å². The Morgan fingerprint density at radius 3 is 3.21 bits per heavy atom. The second-order valence-corrected chi connectivity index (χ2v) is 4.66. The standard InChI is InChI=1S/C13H20N4O2/c1-3-7-14-13(18)17-8-5-6-10(9-17)12-15-11(4-2)19-16-12/h3,10H,1,4-9H2,2H3,(H,14,18)/t10-/m1/s1. The van der Waals surface area contributed by atoms with E-state index in [1.807, 2.05) is 6.92 Å². The van der Waals surface area contributed by atoms with Crippen LogP contribution in [0.15, 0.2) is 17.2 Å². The predicted octanol–water partition coefficient (Wildman–Crippen LogP) is 1.71. The summed E-state index contributed by atoms with van der Waals surface area (Å²) in [5.74, 6) is 1.55. The molecule has 1 N–H and O–H groups in total. The summed E-state index contributed by atoms with van der Waals surface area (Å²) in [4.78, 5) is 18.1. The molecule has 0 radical (unpaired) electrons. The van der Waals surface area contributed by atoms with Gasteiger partial charge in [-0.25, -0.2) is 4.79 Å². The van der Waals surface area contributed by atoms with Gasteiger partial charge in [-0.2, -0.15) is 4.98 Å². The molecule has 1 aromatic heterocycles. The number of aromatic nitrogens is 2. The first kappa shape index (κ1) is 13.6. The van der Waals surface area contributed by atoms with Crippen LogP contribution in [-0.2, 0) is 6.42 Å². The van der Waals surface area contributed by atoms with Gasteiger partial charge < -0.3 is 14.7 Å². The van der Waals surface area contributed by atoms with Crippen molar-refractivity contribution in [3.8, 4) is 0 Å². The van der Waals surface area contributed by atoms with E-state index in [9.17, 15) is 4.79 Å². The molecule has 2 rings (SSSR count). The highest BCUT2D eigenvalue weighted by Gasteiger charge is 2.27. The highest BCUT2D eigenvalue weighted by Crippen LogP contribution is 2.24. The van der Waals surface area contributed by atoms with Gasteiger partial charge in [-0.3, -0.25) is 0 Å². The molecule has 2 amide bonds. The third-order valence-corrected chi connectivity index (χ3v) is 3.26. The Hall–Kier alpha value is -1.85. The predicted molar refractivity (Wildman–Crippen MR) is 70.8 cm³/mol. The molecule has 0 spiro atoms. The number of hydrogen-bond donors (Lipinski definition) is 1. The highest BCUT2D eigenvalue weighted by atomic mass is 16.5. The van der Waals surface area contributed by atoms with Gasteiger partial charge in [0.15, 0.2) is 5.82 Å². The SMILES string of the molecule is C=CCNC(=O)N1CCC[C@@H](c2noc(CC)n2)C1. The number of piperidine rings is 1. The largest absolute Gasteiger partial charge is 0.339 e. The molecule has 0 saturated carbocycles. The van der Waals surface area contributed by atoms with E-state index in [4.69, 9.17) is 4.52 Å². The Labute approximate surface area is 112 Å². The van der Waals surface area contributed by atoms with Crippen molar-refractivity contribution in [2.75, 3.05) is 19.6 Å². The number of likely N-dealkylation sites (tertiary alicyclic amines) is 1. The van der Waals surface area contributed by atoms with Crippen LogP contribution in [0.25, 0.3) is 0 Å². The molecule has 1 fully saturated rings. The summed E-state index contributed by atoms with van der Waals surface area (Å²) in [5, 5.41) is 6.80.